The second kappa shape index (κ2) is 4.23. The summed E-state index contributed by atoms with van der Waals surface area (Å²) in [5.74, 6) is -1.54. The largest absolute Gasteiger partial charge is 0.369 e. The number of nitrogen functional groups attached to an aromatic ring is 1. The molecule has 0 saturated heterocycles. The number of rotatable bonds is 2. The molecule has 2 N–H and O–H groups in total. The van der Waals surface area contributed by atoms with Crippen molar-refractivity contribution in [3.8, 4) is 0 Å². The molecule has 0 bridgehead atoms. The van der Waals surface area contributed by atoms with Crippen LogP contribution in [0.1, 0.15) is 27.2 Å². The summed E-state index contributed by atoms with van der Waals surface area (Å²) in [4.78, 5) is 4.05. The van der Waals surface area contributed by atoms with Crippen molar-refractivity contribution < 1.29 is 8.78 Å². The van der Waals surface area contributed by atoms with Crippen LogP contribution in [0.15, 0.2) is 12.1 Å². The minimum Gasteiger partial charge on any atom is -0.369 e. The number of hydrogen-bond donors (Lipinski definition) is 1. The van der Waals surface area contributed by atoms with Crippen molar-refractivity contribution in [3.05, 3.63) is 23.8 Å². The van der Waals surface area contributed by atoms with Crippen molar-refractivity contribution in [2.45, 2.75) is 33.7 Å². The molecule has 0 saturated carbocycles. The zero-order valence-corrected chi connectivity index (χ0v) is 10.8. The van der Waals surface area contributed by atoms with Crippen LogP contribution in [0.5, 0.6) is 0 Å². The van der Waals surface area contributed by atoms with E-state index in [0.717, 1.165) is 12.5 Å². The third-order valence-electron chi connectivity index (χ3n) is 2.91. The van der Waals surface area contributed by atoms with E-state index < -0.39 is 11.6 Å². The third kappa shape index (κ3) is 2.30. The lowest BCUT2D eigenvalue weighted by atomic mass is 9.92. The van der Waals surface area contributed by atoms with E-state index in [9.17, 15) is 8.78 Å². The summed E-state index contributed by atoms with van der Waals surface area (Å²) in [5.41, 5.74) is 6.39. The highest BCUT2D eigenvalue weighted by molar-refractivity contribution is 5.79. The quantitative estimate of drug-likeness (QED) is 0.892. The first kappa shape index (κ1) is 12.8. The smallest absolute Gasteiger partial charge is 0.201 e. The van der Waals surface area contributed by atoms with E-state index >= 15 is 0 Å². The van der Waals surface area contributed by atoms with Crippen LogP contribution in [-0.2, 0) is 6.54 Å². The van der Waals surface area contributed by atoms with E-state index in [-0.39, 0.29) is 16.9 Å². The fourth-order valence-corrected chi connectivity index (χ4v) is 1.85. The molecule has 0 radical (unpaired) electrons. The Hall–Kier alpha value is -1.65. The number of hydrogen-bond acceptors (Lipinski definition) is 2. The molecule has 0 aliphatic carbocycles. The van der Waals surface area contributed by atoms with Crippen molar-refractivity contribution in [1.82, 2.24) is 9.55 Å². The fourth-order valence-electron chi connectivity index (χ4n) is 1.85. The molecular formula is C13H17F2N3. The Kier molecular flexibility index (Phi) is 3.00. The Morgan fingerprint density at radius 3 is 2.56 bits per heavy atom. The predicted molar refractivity (Wildman–Crippen MR) is 68.1 cm³/mol. The van der Waals surface area contributed by atoms with Gasteiger partial charge < -0.3 is 10.3 Å². The van der Waals surface area contributed by atoms with Gasteiger partial charge in [0.2, 0.25) is 5.95 Å². The summed E-state index contributed by atoms with van der Waals surface area (Å²) < 4.78 is 28.6. The summed E-state index contributed by atoms with van der Waals surface area (Å²) in [5, 5.41) is 0. The zero-order chi connectivity index (χ0) is 13.5. The number of nitrogens with two attached hydrogens (primary N) is 1. The summed E-state index contributed by atoms with van der Waals surface area (Å²) >= 11 is 0. The minimum atomic E-state index is -0.884. The lowest BCUT2D eigenvalue weighted by Crippen LogP contribution is -2.12. The van der Waals surface area contributed by atoms with Crippen LogP contribution in [0.3, 0.4) is 0 Å². The molecule has 0 amide bonds. The summed E-state index contributed by atoms with van der Waals surface area (Å²) in [6.45, 7) is 6.77. The van der Waals surface area contributed by atoms with Gasteiger partial charge in [-0.15, -0.1) is 0 Å². The maximum Gasteiger partial charge on any atom is 0.201 e. The SMILES string of the molecule is CC(C)(C)CCn1c(N)nc2ccc(F)c(F)c21. The molecule has 2 rings (SSSR count). The molecule has 2 aromatic rings. The van der Waals surface area contributed by atoms with Crippen LogP contribution in [0, 0.1) is 17.0 Å². The number of fused-ring (bicyclic) bond motifs is 1. The van der Waals surface area contributed by atoms with Gasteiger partial charge in [-0.3, -0.25) is 0 Å². The maximum atomic E-state index is 13.8. The molecule has 18 heavy (non-hydrogen) atoms. The monoisotopic (exact) mass is 253 g/mol. The Balaban J connectivity index is 2.49. The first-order valence-corrected chi connectivity index (χ1v) is 5.89. The van der Waals surface area contributed by atoms with E-state index in [0.29, 0.717) is 12.1 Å². The summed E-state index contributed by atoms with van der Waals surface area (Å²) in [6.07, 6.45) is 0.804. The standard InChI is InChI=1S/C13H17F2N3/c1-13(2,3)6-7-18-11-9(17-12(18)16)5-4-8(14)10(11)15/h4-5H,6-7H2,1-3H3,(H2,16,17). The Bertz CT molecular complexity index is 582. The highest BCUT2D eigenvalue weighted by atomic mass is 19.2. The van der Waals surface area contributed by atoms with Crippen molar-refractivity contribution >= 4 is 17.0 Å². The number of aryl methyl sites for hydroxylation is 1. The van der Waals surface area contributed by atoms with Gasteiger partial charge in [0.25, 0.3) is 0 Å². The number of aromatic nitrogens is 2. The van der Waals surface area contributed by atoms with Crippen molar-refractivity contribution in [2.24, 2.45) is 5.41 Å². The highest BCUT2D eigenvalue weighted by Gasteiger charge is 2.18. The third-order valence-corrected chi connectivity index (χ3v) is 2.91. The Morgan fingerprint density at radius 1 is 1.28 bits per heavy atom. The number of imidazole rings is 1. The molecule has 0 fully saturated rings. The zero-order valence-electron chi connectivity index (χ0n) is 10.8. The average molecular weight is 253 g/mol. The van der Waals surface area contributed by atoms with Gasteiger partial charge in [-0.1, -0.05) is 20.8 Å². The van der Waals surface area contributed by atoms with Crippen LogP contribution in [0.2, 0.25) is 0 Å². The molecule has 3 nitrogen and oxygen atoms in total. The van der Waals surface area contributed by atoms with Crippen LogP contribution in [0.25, 0.3) is 11.0 Å². The topological polar surface area (TPSA) is 43.8 Å². The molecule has 5 heteroatoms. The first-order valence-electron chi connectivity index (χ1n) is 5.89. The normalized spacial score (nSPS) is 12.3. The molecule has 98 valence electrons. The number of anilines is 1. The van der Waals surface area contributed by atoms with Crippen molar-refractivity contribution in [2.75, 3.05) is 5.73 Å². The predicted octanol–water partition coefficient (Wildman–Crippen LogP) is 3.33. The molecule has 0 aliphatic heterocycles. The molecule has 0 atom stereocenters. The van der Waals surface area contributed by atoms with Gasteiger partial charge in [0.15, 0.2) is 11.6 Å². The average Bonchev–Trinajstić information content (AvgIpc) is 2.57. The fraction of sp³-hybridized carbons (Fsp3) is 0.462. The van der Waals surface area contributed by atoms with Crippen molar-refractivity contribution in [1.29, 1.82) is 0 Å². The van der Waals surface area contributed by atoms with Gasteiger partial charge in [-0.25, -0.2) is 13.8 Å². The number of halogens is 2. The molecule has 0 aliphatic rings. The first-order chi connectivity index (χ1) is 8.29. The van der Waals surface area contributed by atoms with Gasteiger partial charge in [0.05, 0.1) is 5.52 Å². The Labute approximate surface area is 105 Å². The van der Waals surface area contributed by atoms with Crippen LogP contribution >= 0.6 is 0 Å². The second-order valence-corrected chi connectivity index (χ2v) is 5.66. The lowest BCUT2D eigenvalue weighted by molar-refractivity contribution is 0.353. The van der Waals surface area contributed by atoms with Gasteiger partial charge in [0.1, 0.15) is 5.52 Å². The number of nitrogens with zero attached hydrogens (tertiary/aromatic N) is 2. The molecule has 1 aromatic carbocycles. The molecule has 1 aromatic heterocycles. The van der Waals surface area contributed by atoms with Crippen LogP contribution in [0.4, 0.5) is 14.7 Å². The van der Waals surface area contributed by atoms with E-state index in [1.54, 1.807) is 4.57 Å². The Morgan fingerprint density at radius 2 is 1.94 bits per heavy atom. The second-order valence-electron chi connectivity index (χ2n) is 5.66. The van der Waals surface area contributed by atoms with E-state index in [1.165, 1.54) is 6.07 Å². The van der Waals surface area contributed by atoms with Crippen molar-refractivity contribution in [3.63, 3.8) is 0 Å². The van der Waals surface area contributed by atoms with E-state index in [4.69, 9.17) is 5.73 Å². The van der Waals surface area contributed by atoms with E-state index in [2.05, 4.69) is 25.8 Å². The molecule has 1 heterocycles. The maximum absolute atomic E-state index is 13.8. The highest BCUT2D eigenvalue weighted by Crippen LogP contribution is 2.26. The van der Waals surface area contributed by atoms with Gasteiger partial charge in [-0.2, -0.15) is 0 Å². The van der Waals surface area contributed by atoms with Gasteiger partial charge in [-0.05, 0) is 24.0 Å². The minimum absolute atomic E-state index is 0.0901. The van der Waals surface area contributed by atoms with Gasteiger partial charge in [0, 0.05) is 6.54 Å². The molecule has 0 unspecified atom stereocenters. The number of benzene rings is 1. The lowest BCUT2D eigenvalue weighted by Gasteiger charge is -2.19. The summed E-state index contributed by atoms with van der Waals surface area (Å²) in [7, 11) is 0. The van der Waals surface area contributed by atoms with Crippen LogP contribution in [-0.4, -0.2) is 9.55 Å². The van der Waals surface area contributed by atoms with Crippen LogP contribution < -0.4 is 5.73 Å². The molecule has 0 spiro atoms. The van der Waals surface area contributed by atoms with E-state index in [1.807, 2.05) is 0 Å². The molecular weight excluding hydrogens is 236 g/mol. The van der Waals surface area contributed by atoms with Gasteiger partial charge >= 0.3 is 0 Å². The summed E-state index contributed by atoms with van der Waals surface area (Å²) in [6, 6.07) is 2.51.